The summed E-state index contributed by atoms with van der Waals surface area (Å²) in [5.74, 6) is 0.940. The van der Waals surface area contributed by atoms with Crippen LogP contribution in [0, 0.1) is 0 Å². The van der Waals surface area contributed by atoms with Crippen LogP contribution in [0.25, 0.3) is 0 Å². The number of hydrogen-bond acceptors (Lipinski definition) is 2. The van der Waals surface area contributed by atoms with Crippen molar-refractivity contribution in [2.45, 2.75) is 25.4 Å². The molecular formula is C24H28ClN3O2+2. The van der Waals surface area contributed by atoms with Crippen LogP contribution in [0.4, 0.5) is 5.69 Å². The molecule has 1 aliphatic heterocycles. The Kier molecular flexibility index (Phi) is 6.84. The van der Waals surface area contributed by atoms with E-state index in [0.717, 1.165) is 24.5 Å². The van der Waals surface area contributed by atoms with Crippen LogP contribution in [-0.2, 0) is 6.54 Å². The number of quaternary nitrogens is 2. The minimum absolute atomic E-state index is 0.136. The fourth-order valence-electron chi connectivity index (χ4n) is 4.15. The van der Waals surface area contributed by atoms with Gasteiger partial charge in [0.2, 0.25) is 0 Å². The maximum absolute atomic E-state index is 12.4. The number of nitrogens with two attached hydrogens (primary N) is 1. The molecule has 3 aromatic rings. The first-order valence-corrected chi connectivity index (χ1v) is 10.9. The van der Waals surface area contributed by atoms with Gasteiger partial charge in [-0.3, -0.25) is 4.79 Å². The second-order valence-electron chi connectivity index (χ2n) is 7.82. The van der Waals surface area contributed by atoms with Crippen LogP contribution >= 0.6 is 11.6 Å². The Labute approximate surface area is 182 Å². The highest BCUT2D eigenvalue weighted by molar-refractivity contribution is 6.30. The Balaban J connectivity index is 1.34. The number of carbonyl (C=O) groups excluding carboxylic acids is 1. The van der Waals surface area contributed by atoms with Crippen molar-refractivity contribution in [3.05, 3.63) is 88.8 Å². The minimum Gasteiger partial charge on any atom is -0.463 e. The van der Waals surface area contributed by atoms with Crippen LogP contribution in [0.5, 0.6) is 0 Å². The summed E-state index contributed by atoms with van der Waals surface area (Å²) >= 11 is 5.90. The average Bonchev–Trinajstić information content (AvgIpc) is 3.47. The van der Waals surface area contributed by atoms with Gasteiger partial charge in [0, 0.05) is 34.7 Å². The van der Waals surface area contributed by atoms with E-state index in [9.17, 15) is 4.79 Å². The largest absolute Gasteiger partial charge is 0.463 e. The Morgan fingerprint density at radius 1 is 1.10 bits per heavy atom. The van der Waals surface area contributed by atoms with Gasteiger partial charge >= 0.3 is 0 Å². The number of rotatable bonds is 8. The number of benzene rings is 2. The monoisotopic (exact) mass is 425 g/mol. The molecule has 5 nitrogen and oxygen atoms in total. The van der Waals surface area contributed by atoms with Crippen LogP contribution < -0.4 is 15.5 Å². The molecule has 1 atom stereocenters. The second-order valence-corrected chi connectivity index (χ2v) is 8.26. The summed E-state index contributed by atoms with van der Waals surface area (Å²) in [4.78, 5) is 14.1. The highest BCUT2D eigenvalue weighted by atomic mass is 35.5. The van der Waals surface area contributed by atoms with E-state index in [1.165, 1.54) is 31.5 Å². The molecule has 0 bridgehead atoms. The molecule has 1 amide bonds. The molecule has 1 fully saturated rings. The van der Waals surface area contributed by atoms with Gasteiger partial charge in [-0.25, -0.2) is 0 Å². The molecule has 0 saturated carbocycles. The van der Waals surface area contributed by atoms with Crippen molar-refractivity contribution in [1.29, 1.82) is 0 Å². The summed E-state index contributed by atoms with van der Waals surface area (Å²) in [5.41, 5.74) is 2.57. The third-order valence-electron chi connectivity index (χ3n) is 5.70. The Bertz CT molecular complexity index is 951. The van der Waals surface area contributed by atoms with E-state index in [0.29, 0.717) is 16.6 Å². The van der Waals surface area contributed by atoms with Crippen molar-refractivity contribution in [2.24, 2.45) is 0 Å². The highest BCUT2D eigenvalue weighted by Crippen LogP contribution is 2.14. The summed E-state index contributed by atoms with van der Waals surface area (Å²) < 4.78 is 5.73. The van der Waals surface area contributed by atoms with Gasteiger partial charge in [-0.05, 0) is 48.5 Å². The number of anilines is 1. The lowest BCUT2D eigenvalue weighted by molar-refractivity contribution is -0.936. The molecule has 4 N–H and O–H groups in total. The third-order valence-corrected chi connectivity index (χ3v) is 5.95. The maximum Gasteiger partial charge on any atom is 0.255 e. The molecule has 4 rings (SSSR count). The lowest BCUT2D eigenvalue weighted by Crippen LogP contribution is -3.13. The predicted octanol–water partition coefficient (Wildman–Crippen LogP) is 2.67. The normalized spacial score (nSPS) is 15.2. The summed E-state index contributed by atoms with van der Waals surface area (Å²) in [6.45, 7) is 4.26. The molecule has 0 aliphatic carbocycles. The fraction of sp³-hybridized carbons (Fsp3) is 0.292. The molecule has 0 unspecified atom stereocenters. The maximum atomic E-state index is 12.4. The van der Waals surface area contributed by atoms with Crippen LogP contribution in [0.3, 0.4) is 0 Å². The number of halogens is 1. The molecule has 30 heavy (non-hydrogen) atoms. The van der Waals surface area contributed by atoms with Crippen molar-refractivity contribution in [1.82, 2.24) is 0 Å². The third kappa shape index (κ3) is 5.30. The summed E-state index contributed by atoms with van der Waals surface area (Å²) in [6, 6.07) is 19.4. The first kappa shape index (κ1) is 20.7. The van der Waals surface area contributed by atoms with Crippen LogP contribution in [0.15, 0.2) is 71.3 Å². The predicted molar refractivity (Wildman–Crippen MR) is 118 cm³/mol. The van der Waals surface area contributed by atoms with Gasteiger partial charge < -0.3 is 20.0 Å². The van der Waals surface area contributed by atoms with Crippen LogP contribution in [-0.4, -0.2) is 25.5 Å². The van der Waals surface area contributed by atoms with Gasteiger partial charge in [0.05, 0.1) is 19.4 Å². The lowest BCUT2D eigenvalue weighted by Gasteiger charge is -2.21. The minimum atomic E-state index is -0.136. The summed E-state index contributed by atoms with van der Waals surface area (Å²) in [5, 5.41) is 5.92. The zero-order chi connectivity index (χ0) is 20.8. The molecule has 0 radical (unpaired) electrons. The van der Waals surface area contributed by atoms with Crippen molar-refractivity contribution in [3.8, 4) is 0 Å². The molecular weight excluding hydrogens is 398 g/mol. The van der Waals surface area contributed by atoms with Crippen molar-refractivity contribution < 1.29 is 19.4 Å². The van der Waals surface area contributed by atoms with Gasteiger partial charge in [0.15, 0.2) is 11.8 Å². The molecule has 1 saturated heterocycles. The van der Waals surface area contributed by atoms with Gasteiger partial charge in [0.25, 0.3) is 5.91 Å². The smallest absolute Gasteiger partial charge is 0.255 e. The van der Waals surface area contributed by atoms with Gasteiger partial charge in [-0.15, -0.1) is 0 Å². The molecule has 2 aromatic carbocycles. The second kappa shape index (κ2) is 9.94. The zero-order valence-corrected chi connectivity index (χ0v) is 17.7. The van der Waals surface area contributed by atoms with Crippen molar-refractivity contribution >= 4 is 23.2 Å². The van der Waals surface area contributed by atoms with E-state index in [2.05, 4.69) is 22.8 Å². The van der Waals surface area contributed by atoms with Gasteiger partial charge in [-0.1, -0.05) is 23.7 Å². The van der Waals surface area contributed by atoms with Crippen LogP contribution in [0.1, 0.15) is 40.6 Å². The van der Waals surface area contributed by atoms with E-state index in [1.54, 1.807) is 35.4 Å². The molecule has 6 heteroatoms. The molecule has 1 aliphatic rings. The molecule has 156 valence electrons. The lowest BCUT2D eigenvalue weighted by atomic mass is 10.1. The number of nitrogens with one attached hydrogen (secondary N) is 2. The summed E-state index contributed by atoms with van der Waals surface area (Å²) in [7, 11) is 0. The quantitative estimate of drug-likeness (QED) is 0.519. The van der Waals surface area contributed by atoms with Crippen molar-refractivity contribution in [2.75, 3.05) is 25.0 Å². The number of furan rings is 1. The molecule has 2 heterocycles. The standard InChI is InChI=1S/C24H26ClN3O2/c25-20-10-8-19(9-11-20)24(29)27-21-6-3-5-18(15-21)16-26-17-22(23-7-4-14-30-23)28-12-1-2-13-28/h3-11,14-15,22,26H,1-2,12-13,16-17H2,(H,27,29)/p+2/t22-/m1/s1. The van der Waals surface area contributed by atoms with E-state index in [1.807, 2.05) is 24.3 Å². The Morgan fingerprint density at radius 2 is 1.90 bits per heavy atom. The Hall–Kier alpha value is -2.60. The number of likely N-dealkylation sites (tertiary alicyclic amines) is 1. The topological polar surface area (TPSA) is 63.3 Å². The Morgan fingerprint density at radius 3 is 2.63 bits per heavy atom. The van der Waals surface area contributed by atoms with E-state index < -0.39 is 0 Å². The SMILES string of the molecule is O=C(Nc1cccc(C[NH2+]C[C@H](c2ccco2)[NH+]2CCCC2)c1)c1ccc(Cl)cc1. The number of hydrogen-bond donors (Lipinski definition) is 3. The average molecular weight is 426 g/mol. The first-order valence-electron chi connectivity index (χ1n) is 10.5. The summed E-state index contributed by atoms with van der Waals surface area (Å²) in [6.07, 6.45) is 4.36. The van der Waals surface area contributed by atoms with E-state index in [4.69, 9.17) is 16.0 Å². The van der Waals surface area contributed by atoms with E-state index >= 15 is 0 Å². The zero-order valence-electron chi connectivity index (χ0n) is 16.9. The van der Waals surface area contributed by atoms with Gasteiger partial charge in [-0.2, -0.15) is 0 Å². The van der Waals surface area contributed by atoms with E-state index in [-0.39, 0.29) is 5.91 Å². The van der Waals surface area contributed by atoms with Crippen molar-refractivity contribution in [3.63, 3.8) is 0 Å². The molecule has 1 aromatic heterocycles. The first-order chi connectivity index (χ1) is 14.7. The number of carbonyl (C=O) groups is 1. The molecule has 0 spiro atoms. The van der Waals surface area contributed by atoms with Crippen LogP contribution in [0.2, 0.25) is 5.02 Å². The fourth-order valence-corrected chi connectivity index (χ4v) is 4.27. The highest BCUT2D eigenvalue weighted by Gasteiger charge is 2.30. The van der Waals surface area contributed by atoms with Gasteiger partial charge in [0.1, 0.15) is 13.1 Å². The number of amides is 1.